The molecule has 0 saturated heterocycles. The van der Waals surface area contributed by atoms with E-state index in [4.69, 9.17) is 5.84 Å². The van der Waals surface area contributed by atoms with Gasteiger partial charge in [0, 0.05) is 10.5 Å². The standard InChI is InChI=1S/C11H14BrF3N2/c1-2-3-10(17-16)8-5-4-7(12)6-9(8)11(13,14)15/h4-6,10,17H,2-3,16H2,1H3. The maximum atomic E-state index is 12.9. The van der Waals surface area contributed by atoms with E-state index in [0.717, 1.165) is 12.5 Å². The number of hydrogen-bond donors (Lipinski definition) is 2. The summed E-state index contributed by atoms with van der Waals surface area (Å²) in [4.78, 5) is 0. The van der Waals surface area contributed by atoms with Crippen LogP contribution in [0.25, 0.3) is 0 Å². The largest absolute Gasteiger partial charge is 0.416 e. The first-order valence-electron chi connectivity index (χ1n) is 5.23. The second-order valence-corrected chi connectivity index (χ2v) is 4.65. The number of hydrazine groups is 1. The maximum Gasteiger partial charge on any atom is 0.416 e. The molecule has 0 aromatic heterocycles. The SMILES string of the molecule is CCCC(NN)c1ccc(Br)cc1C(F)(F)F. The summed E-state index contributed by atoms with van der Waals surface area (Å²) < 4.78 is 39.0. The zero-order chi connectivity index (χ0) is 13.1. The summed E-state index contributed by atoms with van der Waals surface area (Å²) in [5.41, 5.74) is 1.97. The summed E-state index contributed by atoms with van der Waals surface area (Å²) in [7, 11) is 0. The molecule has 0 saturated carbocycles. The summed E-state index contributed by atoms with van der Waals surface area (Å²) in [6.07, 6.45) is -3.06. The number of halogens is 4. The van der Waals surface area contributed by atoms with Crippen LogP contribution in [0.4, 0.5) is 13.2 Å². The lowest BCUT2D eigenvalue weighted by Crippen LogP contribution is -2.29. The Bertz CT molecular complexity index is 379. The molecule has 96 valence electrons. The Labute approximate surface area is 106 Å². The quantitative estimate of drug-likeness (QED) is 0.656. The average Bonchev–Trinajstić information content (AvgIpc) is 2.25. The second-order valence-electron chi connectivity index (χ2n) is 3.74. The molecule has 6 heteroatoms. The van der Waals surface area contributed by atoms with Gasteiger partial charge < -0.3 is 0 Å². The molecule has 0 aliphatic rings. The van der Waals surface area contributed by atoms with Gasteiger partial charge in [-0.2, -0.15) is 13.2 Å². The molecular weight excluding hydrogens is 297 g/mol. The highest BCUT2D eigenvalue weighted by atomic mass is 79.9. The van der Waals surface area contributed by atoms with Gasteiger partial charge >= 0.3 is 6.18 Å². The zero-order valence-corrected chi connectivity index (χ0v) is 10.9. The molecule has 1 unspecified atom stereocenters. The molecule has 1 rings (SSSR count). The van der Waals surface area contributed by atoms with Crippen molar-refractivity contribution in [2.24, 2.45) is 5.84 Å². The van der Waals surface area contributed by atoms with Crippen molar-refractivity contribution in [1.82, 2.24) is 5.43 Å². The molecule has 1 aromatic rings. The number of alkyl halides is 3. The van der Waals surface area contributed by atoms with Crippen LogP contribution in [0.2, 0.25) is 0 Å². The summed E-state index contributed by atoms with van der Waals surface area (Å²) in [6.45, 7) is 1.90. The summed E-state index contributed by atoms with van der Waals surface area (Å²) in [6, 6.07) is 3.64. The lowest BCUT2D eigenvalue weighted by Gasteiger charge is -2.20. The van der Waals surface area contributed by atoms with Crippen molar-refractivity contribution in [2.75, 3.05) is 0 Å². The van der Waals surface area contributed by atoms with E-state index < -0.39 is 17.8 Å². The van der Waals surface area contributed by atoms with Gasteiger partial charge in [-0.3, -0.25) is 11.3 Å². The van der Waals surface area contributed by atoms with Gasteiger partial charge in [-0.1, -0.05) is 35.3 Å². The number of nitrogens with one attached hydrogen (secondary N) is 1. The Morgan fingerprint density at radius 2 is 2.06 bits per heavy atom. The number of nitrogens with two attached hydrogens (primary N) is 1. The maximum absolute atomic E-state index is 12.9. The fourth-order valence-corrected chi connectivity index (χ4v) is 2.06. The van der Waals surface area contributed by atoms with E-state index in [1.807, 2.05) is 6.92 Å². The van der Waals surface area contributed by atoms with Crippen molar-refractivity contribution in [2.45, 2.75) is 32.0 Å². The van der Waals surface area contributed by atoms with Crippen LogP contribution in [0.3, 0.4) is 0 Å². The van der Waals surface area contributed by atoms with Crippen LogP contribution >= 0.6 is 15.9 Å². The fourth-order valence-electron chi connectivity index (χ4n) is 1.70. The second kappa shape index (κ2) is 5.84. The van der Waals surface area contributed by atoms with E-state index in [9.17, 15) is 13.2 Å². The van der Waals surface area contributed by atoms with Crippen molar-refractivity contribution in [1.29, 1.82) is 0 Å². The summed E-state index contributed by atoms with van der Waals surface area (Å²) >= 11 is 3.05. The molecular formula is C11H14BrF3N2. The lowest BCUT2D eigenvalue weighted by molar-refractivity contribution is -0.138. The Hall–Kier alpha value is -0.590. The topological polar surface area (TPSA) is 38.0 Å². The van der Waals surface area contributed by atoms with E-state index in [1.54, 1.807) is 6.07 Å². The predicted molar refractivity (Wildman–Crippen MR) is 64.1 cm³/mol. The van der Waals surface area contributed by atoms with E-state index in [2.05, 4.69) is 21.4 Å². The highest BCUT2D eigenvalue weighted by Gasteiger charge is 2.35. The molecule has 1 aromatic carbocycles. The normalized spacial score (nSPS) is 13.8. The van der Waals surface area contributed by atoms with Crippen molar-refractivity contribution in [3.8, 4) is 0 Å². The van der Waals surface area contributed by atoms with Crippen LogP contribution < -0.4 is 11.3 Å². The van der Waals surface area contributed by atoms with Gasteiger partial charge in [0.15, 0.2) is 0 Å². The van der Waals surface area contributed by atoms with Gasteiger partial charge in [0.25, 0.3) is 0 Å². The molecule has 0 fully saturated rings. The third kappa shape index (κ3) is 3.69. The molecule has 17 heavy (non-hydrogen) atoms. The molecule has 0 bridgehead atoms. The van der Waals surface area contributed by atoms with Gasteiger partial charge in [-0.05, 0) is 24.1 Å². The Balaban J connectivity index is 3.22. The number of hydrogen-bond acceptors (Lipinski definition) is 2. The monoisotopic (exact) mass is 310 g/mol. The van der Waals surface area contributed by atoms with Gasteiger partial charge in [0.2, 0.25) is 0 Å². The zero-order valence-electron chi connectivity index (χ0n) is 9.31. The van der Waals surface area contributed by atoms with E-state index in [-0.39, 0.29) is 5.56 Å². The number of rotatable bonds is 4. The van der Waals surface area contributed by atoms with Crippen LogP contribution in [0, 0.1) is 0 Å². The van der Waals surface area contributed by atoms with Crippen molar-refractivity contribution < 1.29 is 13.2 Å². The average molecular weight is 311 g/mol. The van der Waals surface area contributed by atoms with Crippen molar-refractivity contribution in [3.63, 3.8) is 0 Å². The summed E-state index contributed by atoms with van der Waals surface area (Å²) in [5, 5.41) is 0. The minimum atomic E-state index is -4.37. The van der Waals surface area contributed by atoms with Crippen LogP contribution in [0.1, 0.15) is 36.9 Å². The molecule has 0 spiro atoms. The first-order chi connectivity index (χ1) is 7.90. The molecule has 0 heterocycles. The molecule has 1 atom stereocenters. The van der Waals surface area contributed by atoms with Crippen molar-refractivity contribution >= 4 is 15.9 Å². The molecule has 0 radical (unpaired) electrons. The molecule has 0 aliphatic heterocycles. The van der Waals surface area contributed by atoms with E-state index >= 15 is 0 Å². The van der Waals surface area contributed by atoms with Crippen LogP contribution in [-0.4, -0.2) is 0 Å². The van der Waals surface area contributed by atoms with Crippen LogP contribution in [0.5, 0.6) is 0 Å². The number of benzene rings is 1. The first kappa shape index (κ1) is 14.5. The van der Waals surface area contributed by atoms with E-state index in [1.165, 1.54) is 6.07 Å². The summed E-state index contributed by atoms with van der Waals surface area (Å²) in [5.74, 6) is 5.31. The first-order valence-corrected chi connectivity index (χ1v) is 6.02. The Kier molecular flexibility index (Phi) is 4.97. The highest BCUT2D eigenvalue weighted by molar-refractivity contribution is 9.10. The predicted octanol–water partition coefficient (Wildman–Crippen LogP) is 3.77. The third-order valence-electron chi connectivity index (χ3n) is 2.47. The van der Waals surface area contributed by atoms with Crippen LogP contribution in [-0.2, 0) is 6.18 Å². The van der Waals surface area contributed by atoms with Gasteiger partial charge in [0.05, 0.1) is 5.56 Å². The Morgan fingerprint density at radius 3 is 2.53 bits per heavy atom. The Morgan fingerprint density at radius 1 is 1.41 bits per heavy atom. The minimum Gasteiger partial charge on any atom is -0.271 e. The molecule has 2 nitrogen and oxygen atoms in total. The van der Waals surface area contributed by atoms with Gasteiger partial charge in [0.1, 0.15) is 0 Å². The van der Waals surface area contributed by atoms with Gasteiger partial charge in [-0.15, -0.1) is 0 Å². The van der Waals surface area contributed by atoms with Crippen LogP contribution in [0.15, 0.2) is 22.7 Å². The molecule has 0 aliphatic carbocycles. The lowest BCUT2D eigenvalue weighted by atomic mass is 9.97. The smallest absolute Gasteiger partial charge is 0.271 e. The van der Waals surface area contributed by atoms with Gasteiger partial charge in [-0.25, -0.2) is 0 Å². The third-order valence-corrected chi connectivity index (χ3v) is 2.97. The highest BCUT2D eigenvalue weighted by Crippen LogP contribution is 2.37. The molecule has 3 N–H and O–H groups in total. The fraction of sp³-hybridized carbons (Fsp3) is 0.455. The van der Waals surface area contributed by atoms with Crippen molar-refractivity contribution in [3.05, 3.63) is 33.8 Å². The minimum absolute atomic E-state index is 0.185. The van der Waals surface area contributed by atoms with E-state index in [0.29, 0.717) is 10.9 Å². The molecule has 0 amide bonds.